The normalized spacial score (nSPS) is 18.5. The van der Waals surface area contributed by atoms with Crippen LogP contribution in [-0.2, 0) is 25.4 Å². The minimum atomic E-state index is -4.35. The number of hydrogen-bond acceptors (Lipinski definition) is 3. The minimum absolute atomic E-state index is 0.0293. The van der Waals surface area contributed by atoms with Gasteiger partial charge >= 0.3 is 18.4 Å². The van der Waals surface area contributed by atoms with E-state index in [-0.39, 0.29) is 6.03 Å². The maximum atomic E-state index is 12.9. The summed E-state index contributed by atoms with van der Waals surface area (Å²) in [4.78, 5) is 20.8. The highest BCUT2D eigenvalue weighted by Crippen LogP contribution is 2.30. The highest BCUT2D eigenvalue weighted by molar-refractivity contribution is 5.74. The van der Waals surface area contributed by atoms with Gasteiger partial charge in [0.25, 0.3) is 0 Å². The summed E-state index contributed by atoms with van der Waals surface area (Å²) in [6, 6.07) is 10.3. The quantitative estimate of drug-likeness (QED) is 0.551. The standard InChI is InChI=1S/C25H28F6N4O/c26-24(27,28)21-5-1-19(2-6-21)17-32-9-13-34(14-10-32)23(36)35-15-11-33(12-16-35)18-20-3-7-22(8-4-20)25(29,30)31/h1-8H,9-18H2. The first-order valence-electron chi connectivity index (χ1n) is 11.8. The van der Waals surface area contributed by atoms with Crippen LogP contribution in [0.1, 0.15) is 22.3 Å². The van der Waals surface area contributed by atoms with Gasteiger partial charge in [0.05, 0.1) is 11.1 Å². The third kappa shape index (κ3) is 6.70. The fourth-order valence-corrected chi connectivity index (χ4v) is 4.51. The number of benzene rings is 2. The van der Waals surface area contributed by atoms with Crippen molar-refractivity contribution in [2.24, 2.45) is 0 Å². The number of amides is 2. The Morgan fingerprint density at radius 2 is 0.861 bits per heavy atom. The number of halogens is 6. The molecule has 2 amide bonds. The maximum Gasteiger partial charge on any atom is 0.416 e. The average Bonchev–Trinajstić information content (AvgIpc) is 2.84. The molecular weight excluding hydrogens is 486 g/mol. The highest BCUT2D eigenvalue weighted by Gasteiger charge is 2.31. The van der Waals surface area contributed by atoms with Gasteiger partial charge in [-0.1, -0.05) is 24.3 Å². The van der Waals surface area contributed by atoms with E-state index in [1.54, 1.807) is 9.80 Å². The predicted octanol–water partition coefficient (Wildman–Crippen LogP) is 4.78. The zero-order valence-electron chi connectivity index (χ0n) is 19.7. The molecule has 4 rings (SSSR count). The monoisotopic (exact) mass is 514 g/mol. The smallest absolute Gasteiger partial charge is 0.322 e. The summed E-state index contributed by atoms with van der Waals surface area (Å²) in [6.07, 6.45) is -8.70. The number of alkyl halides is 6. The second kappa shape index (κ2) is 10.7. The zero-order chi connectivity index (χ0) is 25.9. The molecule has 36 heavy (non-hydrogen) atoms. The molecule has 2 heterocycles. The number of nitrogens with zero attached hydrogens (tertiary/aromatic N) is 4. The molecule has 2 aromatic rings. The molecule has 2 aromatic carbocycles. The van der Waals surface area contributed by atoms with E-state index in [0.717, 1.165) is 35.4 Å². The predicted molar refractivity (Wildman–Crippen MR) is 122 cm³/mol. The highest BCUT2D eigenvalue weighted by atomic mass is 19.4. The number of carbonyl (C=O) groups is 1. The number of urea groups is 1. The Balaban J connectivity index is 1.19. The summed E-state index contributed by atoms with van der Waals surface area (Å²) < 4.78 is 76.4. The molecule has 2 saturated heterocycles. The van der Waals surface area contributed by atoms with Gasteiger partial charge in [-0.25, -0.2) is 4.79 Å². The molecule has 0 radical (unpaired) electrons. The molecule has 0 atom stereocenters. The summed E-state index contributed by atoms with van der Waals surface area (Å²) in [5.74, 6) is 0. The largest absolute Gasteiger partial charge is 0.416 e. The molecule has 0 unspecified atom stereocenters. The zero-order valence-corrected chi connectivity index (χ0v) is 19.7. The molecule has 0 aliphatic carbocycles. The van der Waals surface area contributed by atoms with Crippen LogP contribution in [0.15, 0.2) is 48.5 Å². The lowest BCUT2D eigenvalue weighted by Crippen LogP contribution is -2.56. The second-order valence-corrected chi connectivity index (χ2v) is 9.20. The molecule has 5 nitrogen and oxygen atoms in total. The van der Waals surface area contributed by atoms with Gasteiger partial charge in [0.15, 0.2) is 0 Å². The fourth-order valence-electron chi connectivity index (χ4n) is 4.51. The van der Waals surface area contributed by atoms with E-state index in [9.17, 15) is 31.1 Å². The van der Waals surface area contributed by atoms with Crippen molar-refractivity contribution in [1.29, 1.82) is 0 Å². The van der Waals surface area contributed by atoms with Gasteiger partial charge in [-0.2, -0.15) is 26.3 Å². The van der Waals surface area contributed by atoms with Crippen molar-refractivity contribution >= 4 is 6.03 Å². The van der Waals surface area contributed by atoms with Crippen LogP contribution in [0.3, 0.4) is 0 Å². The molecule has 0 bridgehead atoms. The van der Waals surface area contributed by atoms with Crippen LogP contribution >= 0.6 is 0 Å². The van der Waals surface area contributed by atoms with Crippen LogP contribution in [0.2, 0.25) is 0 Å². The van der Waals surface area contributed by atoms with Crippen LogP contribution < -0.4 is 0 Å². The molecule has 0 N–H and O–H groups in total. The van der Waals surface area contributed by atoms with Gasteiger partial charge < -0.3 is 9.80 Å². The molecule has 0 aromatic heterocycles. The van der Waals surface area contributed by atoms with Crippen LogP contribution in [0.4, 0.5) is 31.1 Å². The first-order chi connectivity index (χ1) is 17.0. The van der Waals surface area contributed by atoms with E-state index in [1.807, 2.05) is 0 Å². The van der Waals surface area contributed by atoms with E-state index in [2.05, 4.69) is 9.80 Å². The Morgan fingerprint density at radius 3 is 1.14 bits per heavy atom. The Labute approximate surface area is 205 Å². The van der Waals surface area contributed by atoms with Crippen molar-refractivity contribution in [3.05, 3.63) is 70.8 Å². The van der Waals surface area contributed by atoms with Crippen LogP contribution in [0, 0.1) is 0 Å². The Kier molecular flexibility index (Phi) is 7.79. The van der Waals surface area contributed by atoms with Crippen LogP contribution in [0.5, 0.6) is 0 Å². The molecule has 0 saturated carbocycles. The van der Waals surface area contributed by atoms with Gasteiger partial charge in [0.1, 0.15) is 0 Å². The molecule has 2 aliphatic rings. The van der Waals surface area contributed by atoms with Gasteiger partial charge in [0.2, 0.25) is 0 Å². The summed E-state index contributed by atoms with van der Waals surface area (Å²) in [6.45, 7) is 5.81. The number of carbonyl (C=O) groups excluding carboxylic acids is 1. The van der Waals surface area contributed by atoms with E-state index in [1.165, 1.54) is 24.3 Å². The number of hydrogen-bond donors (Lipinski definition) is 0. The Bertz CT molecular complexity index is 925. The van der Waals surface area contributed by atoms with Crippen molar-refractivity contribution in [3.8, 4) is 0 Å². The van der Waals surface area contributed by atoms with Crippen molar-refractivity contribution in [2.45, 2.75) is 25.4 Å². The molecule has 196 valence electrons. The number of piperazine rings is 2. The van der Waals surface area contributed by atoms with Gasteiger partial charge in [-0.05, 0) is 35.4 Å². The molecule has 2 fully saturated rings. The summed E-state index contributed by atoms with van der Waals surface area (Å²) in [7, 11) is 0. The van der Waals surface area contributed by atoms with E-state index in [4.69, 9.17) is 0 Å². The summed E-state index contributed by atoms with van der Waals surface area (Å²) in [5.41, 5.74) is 0.265. The fraction of sp³-hybridized carbons (Fsp3) is 0.480. The average molecular weight is 515 g/mol. The summed E-state index contributed by atoms with van der Waals surface area (Å²) in [5, 5.41) is 0. The van der Waals surface area contributed by atoms with E-state index in [0.29, 0.717) is 65.4 Å². The second-order valence-electron chi connectivity index (χ2n) is 9.20. The SMILES string of the molecule is O=C(N1CCN(Cc2ccc(C(F)(F)F)cc2)CC1)N1CCN(Cc2ccc(C(F)(F)F)cc2)CC1. The minimum Gasteiger partial charge on any atom is -0.322 e. The Morgan fingerprint density at radius 1 is 0.556 bits per heavy atom. The van der Waals surface area contributed by atoms with Gasteiger partial charge in [0, 0.05) is 65.4 Å². The maximum absolute atomic E-state index is 12.9. The van der Waals surface area contributed by atoms with Crippen molar-refractivity contribution in [3.63, 3.8) is 0 Å². The molecule has 11 heteroatoms. The lowest BCUT2D eigenvalue weighted by molar-refractivity contribution is -0.138. The van der Waals surface area contributed by atoms with Crippen molar-refractivity contribution in [1.82, 2.24) is 19.6 Å². The molecular formula is C25H28F6N4O. The van der Waals surface area contributed by atoms with Crippen molar-refractivity contribution < 1.29 is 31.1 Å². The van der Waals surface area contributed by atoms with E-state index < -0.39 is 23.5 Å². The first kappa shape index (κ1) is 26.3. The first-order valence-corrected chi connectivity index (χ1v) is 11.8. The third-order valence-corrected chi connectivity index (χ3v) is 6.66. The van der Waals surface area contributed by atoms with E-state index >= 15 is 0 Å². The van der Waals surface area contributed by atoms with Crippen LogP contribution in [-0.4, -0.2) is 78.0 Å². The van der Waals surface area contributed by atoms with Gasteiger partial charge in [-0.3, -0.25) is 9.80 Å². The Hall–Kier alpha value is -2.79. The lowest BCUT2D eigenvalue weighted by Gasteiger charge is -2.40. The molecule has 2 aliphatic heterocycles. The lowest BCUT2D eigenvalue weighted by atomic mass is 10.1. The van der Waals surface area contributed by atoms with Crippen LogP contribution in [0.25, 0.3) is 0 Å². The third-order valence-electron chi connectivity index (χ3n) is 6.66. The summed E-state index contributed by atoms with van der Waals surface area (Å²) >= 11 is 0. The van der Waals surface area contributed by atoms with Gasteiger partial charge in [-0.15, -0.1) is 0 Å². The number of rotatable bonds is 4. The van der Waals surface area contributed by atoms with Crippen molar-refractivity contribution in [2.75, 3.05) is 52.4 Å². The molecule has 0 spiro atoms. The topological polar surface area (TPSA) is 30.0 Å².